The Labute approximate surface area is 121 Å². The number of hydrogen-bond donors (Lipinski definition) is 2. The van der Waals surface area contributed by atoms with Gasteiger partial charge in [-0.1, -0.05) is 29.8 Å². The molecule has 5 heteroatoms. The predicted molar refractivity (Wildman–Crippen MR) is 83.9 cm³/mol. The van der Waals surface area contributed by atoms with Gasteiger partial charge in [0, 0.05) is 11.3 Å². The lowest BCUT2D eigenvalue weighted by Gasteiger charge is -2.06. The van der Waals surface area contributed by atoms with E-state index in [2.05, 4.69) is 59.6 Å². The number of aromatic nitrogens is 2. The Balaban J connectivity index is 2.03. The first-order valence-electron chi connectivity index (χ1n) is 6.45. The molecule has 0 bridgehead atoms. The molecule has 0 saturated heterocycles. The van der Waals surface area contributed by atoms with E-state index in [1.807, 2.05) is 0 Å². The Kier molecular flexibility index (Phi) is 3.38. The van der Waals surface area contributed by atoms with Crippen LogP contribution in [-0.4, -0.2) is 9.97 Å². The third-order valence-corrected chi connectivity index (χ3v) is 4.09. The molecule has 0 aliphatic heterocycles. The number of anilines is 1. The van der Waals surface area contributed by atoms with Crippen LogP contribution in [0.3, 0.4) is 0 Å². The number of nitrogen functional groups attached to an aromatic ring is 1. The number of rotatable bonds is 3. The van der Waals surface area contributed by atoms with Crippen LogP contribution >= 0.6 is 11.3 Å². The fourth-order valence-electron chi connectivity index (χ4n) is 2.28. The molecule has 3 N–H and O–H groups in total. The van der Waals surface area contributed by atoms with Crippen LogP contribution in [0.15, 0.2) is 30.3 Å². The first-order valence-corrected chi connectivity index (χ1v) is 7.26. The van der Waals surface area contributed by atoms with Crippen molar-refractivity contribution < 1.29 is 0 Å². The maximum absolute atomic E-state index is 5.58. The molecule has 102 valence electrons. The summed E-state index contributed by atoms with van der Waals surface area (Å²) in [5.74, 6) is 7.06. The summed E-state index contributed by atoms with van der Waals surface area (Å²) in [5, 5.41) is 0.989. The van der Waals surface area contributed by atoms with Gasteiger partial charge in [0.2, 0.25) is 0 Å². The Morgan fingerprint density at radius 3 is 2.80 bits per heavy atom. The van der Waals surface area contributed by atoms with E-state index in [1.54, 1.807) is 11.3 Å². The Morgan fingerprint density at radius 1 is 1.20 bits per heavy atom. The van der Waals surface area contributed by atoms with E-state index in [4.69, 9.17) is 5.84 Å². The van der Waals surface area contributed by atoms with Crippen molar-refractivity contribution in [1.82, 2.24) is 9.97 Å². The molecule has 0 radical (unpaired) electrons. The molecule has 0 fully saturated rings. The van der Waals surface area contributed by atoms with Crippen LogP contribution in [0.4, 0.5) is 5.82 Å². The zero-order valence-electron chi connectivity index (χ0n) is 11.5. The summed E-state index contributed by atoms with van der Waals surface area (Å²) in [4.78, 5) is 11.3. The number of nitrogens with zero attached hydrogens (tertiary/aromatic N) is 2. The van der Waals surface area contributed by atoms with Crippen molar-refractivity contribution in [3.63, 3.8) is 0 Å². The molecule has 3 aromatic rings. The van der Waals surface area contributed by atoms with E-state index < -0.39 is 0 Å². The molecule has 0 amide bonds. The highest BCUT2D eigenvalue weighted by Gasteiger charge is 2.10. The van der Waals surface area contributed by atoms with Gasteiger partial charge in [-0.15, -0.1) is 11.3 Å². The Hall–Kier alpha value is -1.98. The largest absolute Gasteiger partial charge is 0.308 e. The molecule has 2 heterocycles. The number of nitrogens with two attached hydrogens (primary N) is 1. The van der Waals surface area contributed by atoms with E-state index in [0.717, 1.165) is 16.0 Å². The van der Waals surface area contributed by atoms with Gasteiger partial charge in [-0.05, 0) is 25.5 Å². The zero-order valence-corrected chi connectivity index (χ0v) is 12.3. The van der Waals surface area contributed by atoms with Gasteiger partial charge in [0.1, 0.15) is 10.7 Å². The average Bonchev–Trinajstić information content (AvgIpc) is 2.78. The fraction of sp³-hybridized carbons (Fsp3) is 0.200. The average molecular weight is 284 g/mol. The molecule has 2 aromatic heterocycles. The molecular formula is C15H16N4S. The quantitative estimate of drug-likeness (QED) is 0.573. The summed E-state index contributed by atoms with van der Waals surface area (Å²) >= 11 is 1.66. The van der Waals surface area contributed by atoms with Crippen molar-refractivity contribution in [2.24, 2.45) is 5.84 Å². The normalized spacial score (nSPS) is 10.9. The number of fused-ring (bicyclic) bond motifs is 1. The molecule has 1 aromatic carbocycles. The third kappa shape index (κ3) is 2.50. The van der Waals surface area contributed by atoms with Gasteiger partial charge < -0.3 is 5.43 Å². The van der Waals surface area contributed by atoms with Crippen LogP contribution in [0.2, 0.25) is 0 Å². The molecular weight excluding hydrogens is 268 g/mol. The highest BCUT2D eigenvalue weighted by molar-refractivity contribution is 7.18. The van der Waals surface area contributed by atoms with E-state index >= 15 is 0 Å². The molecule has 0 unspecified atom stereocenters. The second-order valence-corrected chi connectivity index (χ2v) is 6.11. The molecule has 0 aliphatic rings. The SMILES string of the molecule is Cc1cccc(Cc2nc(NN)c3cc(C)sc3n2)c1. The predicted octanol–water partition coefficient (Wildman–Crippen LogP) is 3.18. The third-order valence-electron chi connectivity index (χ3n) is 3.14. The smallest absolute Gasteiger partial charge is 0.152 e. The Morgan fingerprint density at radius 2 is 2.05 bits per heavy atom. The van der Waals surface area contributed by atoms with Crippen LogP contribution in [0.25, 0.3) is 10.2 Å². The second kappa shape index (κ2) is 5.19. The molecule has 4 nitrogen and oxygen atoms in total. The maximum Gasteiger partial charge on any atom is 0.152 e. The number of benzene rings is 1. The highest BCUT2D eigenvalue weighted by atomic mass is 32.1. The summed E-state index contributed by atoms with van der Waals surface area (Å²) in [5.41, 5.74) is 5.13. The minimum atomic E-state index is 0.696. The van der Waals surface area contributed by atoms with E-state index in [-0.39, 0.29) is 0 Å². The molecule has 0 atom stereocenters. The van der Waals surface area contributed by atoms with Crippen LogP contribution in [0.1, 0.15) is 21.8 Å². The molecule has 0 spiro atoms. The van der Waals surface area contributed by atoms with Crippen molar-refractivity contribution in [2.45, 2.75) is 20.3 Å². The molecule has 3 rings (SSSR count). The first kappa shape index (κ1) is 13.0. The lowest BCUT2D eigenvalue weighted by molar-refractivity contribution is 0.991. The zero-order chi connectivity index (χ0) is 14.1. The number of hydrogen-bond acceptors (Lipinski definition) is 5. The summed E-state index contributed by atoms with van der Waals surface area (Å²) in [6.07, 6.45) is 0.712. The first-order chi connectivity index (χ1) is 9.65. The van der Waals surface area contributed by atoms with Gasteiger partial charge in [-0.2, -0.15) is 0 Å². The number of aryl methyl sites for hydroxylation is 2. The summed E-state index contributed by atoms with van der Waals surface area (Å²) < 4.78 is 0. The maximum atomic E-state index is 5.58. The lowest BCUT2D eigenvalue weighted by Crippen LogP contribution is -2.10. The second-order valence-electron chi connectivity index (χ2n) is 4.87. The summed E-state index contributed by atoms with van der Waals surface area (Å²) in [6.45, 7) is 4.15. The Bertz CT molecular complexity index is 764. The summed E-state index contributed by atoms with van der Waals surface area (Å²) in [6, 6.07) is 10.5. The molecule has 20 heavy (non-hydrogen) atoms. The van der Waals surface area contributed by atoms with Crippen molar-refractivity contribution in [1.29, 1.82) is 0 Å². The van der Waals surface area contributed by atoms with Gasteiger partial charge in [0.05, 0.1) is 5.39 Å². The highest BCUT2D eigenvalue weighted by Crippen LogP contribution is 2.28. The van der Waals surface area contributed by atoms with E-state index in [1.165, 1.54) is 16.0 Å². The van der Waals surface area contributed by atoms with Gasteiger partial charge in [-0.3, -0.25) is 0 Å². The van der Waals surface area contributed by atoms with Crippen LogP contribution < -0.4 is 11.3 Å². The molecule has 0 saturated carbocycles. The van der Waals surface area contributed by atoms with Crippen molar-refractivity contribution in [2.75, 3.05) is 5.43 Å². The van der Waals surface area contributed by atoms with Gasteiger partial charge >= 0.3 is 0 Å². The monoisotopic (exact) mass is 284 g/mol. The van der Waals surface area contributed by atoms with Gasteiger partial charge in [0.25, 0.3) is 0 Å². The lowest BCUT2D eigenvalue weighted by atomic mass is 10.1. The number of nitrogens with one attached hydrogen (secondary N) is 1. The van der Waals surface area contributed by atoms with Crippen LogP contribution in [-0.2, 0) is 6.42 Å². The summed E-state index contributed by atoms with van der Waals surface area (Å²) in [7, 11) is 0. The van der Waals surface area contributed by atoms with Crippen LogP contribution in [0.5, 0.6) is 0 Å². The van der Waals surface area contributed by atoms with Crippen molar-refractivity contribution >= 4 is 27.4 Å². The van der Waals surface area contributed by atoms with Crippen molar-refractivity contribution in [3.05, 3.63) is 52.2 Å². The number of thiophene rings is 1. The fourth-order valence-corrected chi connectivity index (χ4v) is 3.18. The standard InChI is InChI=1S/C15H16N4S/c1-9-4-3-5-11(6-9)8-13-17-14(19-16)12-7-10(2)20-15(12)18-13/h3-7H,8,16H2,1-2H3,(H,17,18,19). The van der Waals surface area contributed by atoms with Crippen LogP contribution in [0, 0.1) is 13.8 Å². The van der Waals surface area contributed by atoms with Gasteiger partial charge in [-0.25, -0.2) is 15.8 Å². The molecule has 0 aliphatic carbocycles. The number of hydrazine groups is 1. The van der Waals surface area contributed by atoms with Gasteiger partial charge in [0.15, 0.2) is 5.82 Å². The van der Waals surface area contributed by atoms with E-state index in [0.29, 0.717) is 12.2 Å². The minimum Gasteiger partial charge on any atom is -0.308 e. The van der Waals surface area contributed by atoms with E-state index in [9.17, 15) is 0 Å². The minimum absolute atomic E-state index is 0.696. The topological polar surface area (TPSA) is 63.8 Å². The van der Waals surface area contributed by atoms with Crippen molar-refractivity contribution in [3.8, 4) is 0 Å².